The second-order valence-electron chi connectivity index (χ2n) is 13.2. The molecule has 0 aliphatic carbocycles. The van der Waals surface area contributed by atoms with Crippen LogP contribution in [0, 0.1) is 24.0 Å². The van der Waals surface area contributed by atoms with Crippen LogP contribution in [0.1, 0.15) is 44.1 Å². The molecule has 0 amide bonds. The van der Waals surface area contributed by atoms with Crippen LogP contribution in [0.5, 0.6) is 17.6 Å². The molecule has 0 bridgehead atoms. The van der Waals surface area contributed by atoms with E-state index in [1.54, 1.807) is 0 Å². The van der Waals surface area contributed by atoms with Gasteiger partial charge < -0.3 is 24.2 Å². The fourth-order valence-electron chi connectivity index (χ4n) is 8.12. The number of terminal acetylenes is 1. The van der Waals surface area contributed by atoms with Crippen LogP contribution in [0.4, 0.5) is 19.0 Å². The van der Waals surface area contributed by atoms with E-state index >= 15 is 4.39 Å². The van der Waals surface area contributed by atoms with Gasteiger partial charge in [0, 0.05) is 44.0 Å². The Morgan fingerprint density at radius 2 is 1.98 bits per heavy atom. The molecule has 2 aromatic carbocycles. The van der Waals surface area contributed by atoms with Crippen LogP contribution in [0.2, 0.25) is 0 Å². The zero-order chi connectivity index (χ0) is 32.5. The third kappa shape index (κ3) is 4.73. The molecule has 3 fully saturated rings. The number of rotatable bonds is 4. The number of phenolic OH excluding ortho intramolecular Hbond substituents is 1. The summed E-state index contributed by atoms with van der Waals surface area (Å²) >= 11 is 0. The van der Waals surface area contributed by atoms with Crippen molar-refractivity contribution in [2.45, 2.75) is 55.8 Å². The van der Waals surface area contributed by atoms with Gasteiger partial charge >= 0.3 is 6.01 Å². The molecule has 0 radical (unpaired) electrons. The van der Waals surface area contributed by atoms with Gasteiger partial charge in [-0.1, -0.05) is 12.0 Å². The molecular weight excluding hydrogens is 611 g/mol. The van der Waals surface area contributed by atoms with E-state index in [1.165, 1.54) is 24.3 Å². The zero-order valence-electron chi connectivity index (χ0n) is 26.0. The lowest BCUT2D eigenvalue weighted by atomic mass is 9.87. The van der Waals surface area contributed by atoms with Crippen molar-refractivity contribution in [2.24, 2.45) is 0 Å². The van der Waals surface area contributed by atoms with Gasteiger partial charge in [0.1, 0.15) is 46.8 Å². The summed E-state index contributed by atoms with van der Waals surface area (Å²) in [7, 11) is 1.90. The molecule has 2 aromatic heterocycles. The first-order valence-corrected chi connectivity index (χ1v) is 16.0. The van der Waals surface area contributed by atoms with E-state index in [0.29, 0.717) is 43.8 Å². The molecule has 4 aromatic rings. The molecule has 1 spiro atoms. The molecule has 12 heteroatoms. The number of benzene rings is 2. The number of nitrogens with zero attached hydrogens (tertiary/aromatic N) is 5. The van der Waals surface area contributed by atoms with E-state index in [0.717, 1.165) is 32.2 Å². The Hall–Kier alpha value is -4.34. The maximum Gasteiger partial charge on any atom is 0.319 e. The minimum absolute atomic E-state index is 0.0616. The van der Waals surface area contributed by atoms with Gasteiger partial charge in [-0.05, 0) is 55.8 Å². The molecule has 0 saturated carbocycles. The lowest BCUT2D eigenvalue weighted by molar-refractivity contribution is 0.0255. The summed E-state index contributed by atoms with van der Waals surface area (Å²) in [5, 5.41) is 11.5. The molecule has 9 nitrogen and oxygen atoms in total. The van der Waals surface area contributed by atoms with Crippen molar-refractivity contribution in [3.05, 3.63) is 41.5 Å². The molecular formula is C35H34F3N5O4. The van der Waals surface area contributed by atoms with Crippen molar-refractivity contribution in [3.8, 4) is 41.2 Å². The largest absolute Gasteiger partial charge is 0.508 e. The van der Waals surface area contributed by atoms with Crippen molar-refractivity contribution in [2.75, 3.05) is 51.5 Å². The first-order chi connectivity index (χ1) is 22.7. The number of pyridine rings is 1. The molecule has 4 aliphatic heterocycles. The SMILES string of the molecule is C#Cc1c(F)ccc2cc(O)cc(-c3nc4c5c(nc(OC[C@@]67CCCN6C[C@H](F)C7)nc5c3F)N(C)C3(CCCOC3)CCO4)c12. The van der Waals surface area contributed by atoms with Gasteiger partial charge in [-0.2, -0.15) is 9.97 Å². The number of likely N-dealkylation sites (N-methyl/N-ethyl adjacent to an activating group) is 1. The van der Waals surface area contributed by atoms with E-state index in [2.05, 4.69) is 20.8 Å². The number of alkyl halides is 1. The topological polar surface area (TPSA) is 93.1 Å². The van der Waals surface area contributed by atoms with Crippen LogP contribution in [0.25, 0.3) is 32.9 Å². The number of ether oxygens (including phenoxy) is 3. The van der Waals surface area contributed by atoms with Crippen molar-refractivity contribution in [1.82, 2.24) is 19.9 Å². The number of fused-ring (bicyclic) bond motifs is 2. The monoisotopic (exact) mass is 645 g/mol. The number of anilines is 1. The number of hydrogen-bond donors (Lipinski definition) is 1. The molecule has 3 atom stereocenters. The zero-order valence-corrected chi connectivity index (χ0v) is 26.0. The van der Waals surface area contributed by atoms with E-state index < -0.39 is 28.9 Å². The lowest BCUT2D eigenvalue weighted by Gasteiger charge is -2.46. The normalized spacial score (nSPS) is 25.9. The molecule has 6 heterocycles. The summed E-state index contributed by atoms with van der Waals surface area (Å²) in [6.45, 7) is 2.64. The minimum atomic E-state index is -0.942. The summed E-state index contributed by atoms with van der Waals surface area (Å²) < 4.78 is 65.0. The highest BCUT2D eigenvalue weighted by Gasteiger charge is 2.49. The highest BCUT2D eigenvalue weighted by atomic mass is 19.1. The second-order valence-corrected chi connectivity index (χ2v) is 13.2. The van der Waals surface area contributed by atoms with Crippen molar-refractivity contribution >= 4 is 27.5 Å². The van der Waals surface area contributed by atoms with Crippen molar-refractivity contribution in [1.29, 1.82) is 0 Å². The highest BCUT2D eigenvalue weighted by Crippen LogP contribution is 2.46. The Labute approximate surface area is 269 Å². The summed E-state index contributed by atoms with van der Waals surface area (Å²) in [6.07, 6.45) is 9.07. The van der Waals surface area contributed by atoms with E-state index in [9.17, 15) is 13.9 Å². The average Bonchev–Trinajstić information content (AvgIpc) is 3.59. The van der Waals surface area contributed by atoms with Gasteiger partial charge in [0.25, 0.3) is 0 Å². The average molecular weight is 646 g/mol. The van der Waals surface area contributed by atoms with Crippen LogP contribution in [-0.2, 0) is 4.74 Å². The third-order valence-electron chi connectivity index (χ3n) is 10.5. The molecule has 3 saturated heterocycles. The molecule has 8 rings (SSSR count). The third-order valence-corrected chi connectivity index (χ3v) is 10.5. The van der Waals surface area contributed by atoms with Crippen LogP contribution < -0.4 is 14.4 Å². The maximum absolute atomic E-state index is 17.1. The number of halogens is 3. The Morgan fingerprint density at radius 1 is 1.11 bits per heavy atom. The van der Waals surface area contributed by atoms with E-state index in [-0.39, 0.29) is 64.0 Å². The Kier molecular flexibility index (Phi) is 7.11. The number of aromatic nitrogens is 3. The highest BCUT2D eigenvalue weighted by molar-refractivity contribution is 6.04. The number of phenols is 1. The first-order valence-electron chi connectivity index (χ1n) is 16.0. The van der Waals surface area contributed by atoms with Crippen LogP contribution in [0.3, 0.4) is 0 Å². The van der Waals surface area contributed by atoms with Gasteiger partial charge in [-0.15, -0.1) is 6.42 Å². The minimum Gasteiger partial charge on any atom is -0.508 e. The van der Waals surface area contributed by atoms with Gasteiger partial charge in [0.05, 0.1) is 29.9 Å². The van der Waals surface area contributed by atoms with Gasteiger partial charge in [-0.25, -0.2) is 18.2 Å². The summed E-state index contributed by atoms with van der Waals surface area (Å²) in [5.74, 6) is 1.15. The van der Waals surface area contributed by atoms with Crippen LogP contribution in [-0.4, -0.2) is 88.8 Å². The standard InChI is InChI=1S/C35H34F3N5O4/c1-3-23-25(37)7-6-20-14-22(44)15-24(26(20)23)29-28(38)30-27-31(42(2)34(9-5-12-45-18-34)10-13-46-32(27)39-29)41-33(40-30)47-19-35-8-4-11-43(35)17-21(36)16-35/h1,6-7,14-15,21,44H,4-5,8-13,16-19H2,2H3/t21-,34?,35+/m1/s1. The second kappa shape index (κ2) is 11.1. The Morgan fingerprint density at radius 3 is 2.79 bits per heavy atom. The lowest BCUT2D eigenvalue weighted by Crippen LogP contribution is -2.54. The predicted molar refractivity (Wildman–Crippen MR) is 170 cm³/mol. The van der Waals surface area contributed by atoms with Crippen LogP contribution >= 0.6 is 0 Å². The van der Waals surface area contributed by atoms with E-state index in [4.69, 9.17) is 25.6 Å². The number of hydrogen-bond acceptors (Lipinski definition) is 9. The fraction of sp³-hybridized carbons (Fsp3) is 0.457. The number of aromatic hydroxyl groups is 1. The van der Waals surface area contributed by atoms with Crippen molar-refractivity contribution < 1.29 is 32.5 Å². The predicted octanol–water partition coefficient (Wildman–Crippen LogP) is 5.53. The summed E-state index contributed by atoms with van der Waals surface area (Å²) in [5.41, 5.74) is -1.28. The smallest absolute Gasteiger partial charge is 0.319 e. The summed E-state index contributed by atoms with van der Waals surface area (Å²) in [6, 6.07) is 5.34. The summed E-state index contributed by atoms with van der Waals surface area (Å²) in [4.78, 5) is 18.2. The molecule has 244 valence electrons. The quantitative estimate of drug-likeness (QED) is 0.288. The van der Waals surface area contributed by atoms with Crippen LogP contribution in [0.15, 0.2) is 24.3 Å². The molecule has 1 unspecified atom stereocenters. The first kappa shape index (κ1) is 30.0. The molecule has 47 heavy (non-hydrogen) atoms. The maximum atomic E-state index is 17.1. The Bertz CT molecular complexity index is 1960. The van der Waals surface area contributed by atoms with E-state index in [1.807, 2.05) is 11.9 Å². The van der Waals surface area contributed by atoms with Crippen molar-refractivity contribution in [3.63, 3.8) is 0 Å². The Balaban J connectivity index is 1.34. The van der Waals surface area contributed by atoms with Gasteiger partial charge in [0.2, 0.25) is 5.88 Å². The molecule has 1 N–H and O–H groups in total. The fourth-order valence-corrected chi connectivity index (χ4v) is 8.12. The van der Waals surface area contributed by atoms with Gasteiger partial charge in [0.15, 0.2) is 5.82 Å². The van der Waals surface area contributed by atoms with Gasteiger partial charge in [-0.3, -0.25) is 4.90 Å². The molecule has 4 aliphatic rings.